The molecule has 0 aliphatic rings. The lowest BCUT2D eigenvalue weighted by molar-refractivity contribution is -0.671. The van der Waals surface area contributed by atoms with Crippen molar-refractivity contribution in [3.63, 3.8) is 0 Å². The van der Waals surface area contributed by atoms with Crippen LogP contribution in [0.15, 0.2) is 56.2 Å². The van der Waals surface area contributed by atoms with Crippen molar-refractivity contribution in [1.29, 1.82) is 0 Å². The van der Waals surface area contributed by atoms with E-state index in [-0.39, 0.29) is 17.0 Å². The predicted octanol–water partition coefficient (Wildman–Crippen LogP) is -5.51. The van der Waals surface area contributed by atoms with Crippen LogP contribution in [-0.2, 0) is 50.4 Å². The monoisotopic (exact) mass is 500 g/mol. The number of hydrogen-bond donors (Lipinski definition) is 0. The zero-order valence-electron chi connectivity index (χ0n) is 19.0. The SMILES string of the molecule is CCn1cc[n+](C)c1.CCn1cc[n+](C)c1.CCn1cc[n+](C)c1.O=C([O-])C(=O)[O-].[Br-]. The second-order valence-corrected chi connectivity index (χ2v) is 6.30. The molecule has 3 heterocycles. The molecule has 10 nitrogen and oxygen atoms in total. The number of halogens is 1. The molecule has 3 aromatic heterocycles. The first-order chi connectivity index (χ1) is 14.1. The number of imidazole rings is 3. The number of carbonyl (C=O) groups is 2. The van der Waals surface area contributed by atoms with Crippen LogP contribution in [0.2, 0.25) is 0 Å². The number of carbonyl (C=O) groups excluding carboxylic acids is 2. The van der Waals surface area contributed by atoms with Gasteiger partial charge in [0.25, 0.3) is 0 Å². The number of hydrogen-bond acceptors (Lipinski definition) is 4. The Morgan fingerprint density at radius 2 is 0.871 bits per heavy atom. The smallest absolute Gasteiger partial charge is 0.243 e. The van der Waals surface area contributed by atoms with Crippen molar-refractivity contribution in [2.75, 3.05) is 0 Å². The zero-order valence-corrected chi connectivity index (χ0v) is 20.6. The van der Waals surface area contributed by atoms with E-state index >= 15 is 0 Å². The molecule has 0 radical (unpaired) electrons. The van der Waals surface area contributed by atoms with Crippen molar-refractivity contribution < 1.29 is 50.5 Å². The van der Waals surface area contributed by atoms with Crippen LogP contribution in [0.3, 0.4) is 0 Å². The number of aromatic nitrogens is 6. The van der Waals surface area contributed by atoms with Crippen LogP contribution in [0.5, 0.6) is 0 Å². The van der Waals surface area contributed by atoms with Gasteiger partial charge in [0.05, 0.1) is 52.7 Å². The number of aliphatic carboxylic acids is 2. The quantitative estimate of drug-likeness (QED) is 0.264. The molecular weight excluding hydrogens is 468 g/mol. The first kappa shape index (κ1) is 30.2. The average molecular weight is 501 g/mol. The number of aryl methyl sites for hydroxylation is 6. The Labute approximate surface area is 194 Å². The summed E-state index contributed by atoms with van der Waals surface area (Å²) in [5.74, 6) is -4.37. The maximum absolute atomic E-state index is 8.93. The van der Waals surface area contributed by atoms with Gasteiger partial charge in [-0.15, -0.1) is 0 Å². The van der Waals surface area contributed by atoms with Gasteiger partial charge in [-0.1, -0.05) is 0 Å². The summed E-state index contributed by atoms with van der Waals surface area (Å²) in [6, 6.07) is 0. The topological polar surface area (TPSA) is 107 Å². The Morgan fingerprint density at radius 3 is 0.935 bits per heavy atom. The third-order valence-electron chi connectivity index (χ3n) is 3.73. The van der Waals surface area contributed by atoms with E-state index in [0.29, 0.717) is 0 Å². The fraction of sp³-hybridized carbons (Fsp3) is 0.450. The van der Waals surface area contributed by atoms with Gasteiger partial charge in [-0.25, -0.2) is 27.4 Å². The Balaban J connectivity index is 0. The molecule has 0 atom stereocenters. The maximum Gasteiger partial charge on any atom is 0.243 e. The lowest BCUT2D eigenvalue weighted by atomic mass is 10.7. The van der Waals surface area contributed by atoms with Crippen molar-refractivity contribution in [1.82, 2.24) is 13.7 Å². The predicted molar refractivity (Wildman–Crippen MR) is 104 cm³/mol. The molecule has 0 saturated heterocycles. The van der Waals surface area contributed by atoms with E-state index in [2.05, 4.69) is 72.0 Å². The molecule has 174 valence electrons. The zero-order chi connectivity index (χ0) is 23.1. The van der Waals surface area contributed by atoms with Crippen molar-refractivity contribution in [2.45, 2.75) is 40.4 Å². The summed E-state index contributed by atoms with van der Waals surface area (Å²) in [6.07, 6.45) is 18.4. The molecular formula is C20H33BrN6O4. The molecule has 3 aromatic rings. The van der Waals surface area contributed by atoms with E-state index in [4.69, 9.17) is 19.8 Å². The van der Waals surface area contributed by atoms with Gasteiger partial charge in [0.2, 0.25) is 19.0 Å². The van der Waals surface area contributed by atoms with Crippen molar-refractivity contribution in [3.05, 3.63) is 56.2 Å². The van der Waals surface area contributed by atoms with Crippen LogP contribution in [0, 0.1) is 0 Å². The van der Waals surface area contributed by atoms with Crippen LogP contribution >= 0.6 is 0 Å². The van der Waals surface area contributed by atoms with Gasteiger partial charge < -0.3 is 36.8 Å². The van der Waals surface area contributed by atoms with Crippen LogP contribution in [-0.4, -0.2) is 25.6 Å². The molecule has 0 unspecified atom stereocenters. The average Bonchev–Trinajstić information content (AvgIpc) is 3.44. The van der Waals surface area contributed by atoms with Gasteiger partial charge in [0, 0.05) is 0 Å². The van der Waals surface area contributed by atoms with Gasteiger partial charge in [-0.05, 0) is 20.8 Å². The Hall–Kier alpha value is -2.95. The van der Waals surface area contributed by atoms with E-state index < -0.39 is 11.9 Å². The Morgan fingerprint density at radius 1 is 0.645 bits per heavy atom. The lowest BCUT2D eigenvalue weighted by Crippen LogP contribution is -3.00. The molecule has 31 heavy (non-hydrogen) atoms. The Bertz CT molecular complexity index is 780. The Kier molecular flexibility index (Phi) is 16.4. The lowest BCUT2D eigenvalue weighted by Gasteiger charge is -1.97. The molecule has 0 fully saturated rings. The number of rotatable bonds is 3. The van der Waals surface area contributed by atoms with Gasteiger partial charge in [0.15, 0.2) is 0 Å². The van der Waals surface area contributed by atoms with Gasteiger partial charge in [0.1, 0.15) is 37.2 Å². The molecule has 0 aliphatic carbocycles. The van der Waals surface area contributed by atoms with Gasteiger partial charge in [-0.3, -0.25) is 0 Å². The molecule has 0 aromatic carbocycles. The molecule has 0 aliphatic heterocycles. The number of nitrogens with zero attached hydrogens (tertiary/aromatic N) is 6. The van der Waals surface area contributed by atoms with E-state index in [1.165, 1.54) is 0 Å². The highest BCUT2D eigenvalue weighted by molar-refractivity contribution is 6.25. The van der Waals surface area contributed by atoms with Crippen molar-refractivity contribution in [3.8, 4) is 0 Å². The summed E-state index contributed by atoms with van der Waals surface area (Å²) >= 11 is 0. The third-order valence-corrected chi connectivity index (χ3v) is 3.73. The summed E-state index contributed by atoms with van der Waals surface area (Å²) in [6.45, 7) is 9.54. The molecule has 3 rings (SSSR count). The van der Waals surface area contributed by atoms with E-state index in [1.54, 1.807) is 0 Å². The molecule has 11 heteroatoms. The largest absolute Gasteiger partial charge is 1.00 e. The van der Waals surface area contributed by atoms with Gasteiger partial charge in [-0.2, -0.15) is 0 Å². The first-order valence-corrected chi connectivity index (χ1v) is 9.58. The molecule has 0 N–H and O–H groups in total. The fourth-order valence-corrected chi connectivity index (χ4v) is 2.07. The highest BCUT2D eigenvalue weighted by atomic mass is 79.9. The van der Waals surface area contributed by atoms with E-state index in [0.717, 1.165) is 19.6 Å². The van der Waals surface area contributed by atoms with Gasteiger partial charge >= 0.3 is 0 Å². The standard InChI is InChI=1S/3C6H11N2.C2H2O4.BrH/c3*1-3-8-5-4-7(2)6-8;3-1(4)2(5)6;/h3*4-6H,3H2,1-2H3;(H,3,4)(H,5,6);1H/q3*+1;;/p-3. The maximum atomic E-state index is 8.93. The van der Waals surface area contributed by atoms with Crippen LogP contribution in [0.1, 0.15) is 20.8 Å². The summed E-state index contributed by atoms with van der Waals surface area (Å²) in [5, 5.41) is 17.9. The second kappa shape index (κ2) is 16.8. The normalized spacial score (nSPS) is 8.97. The minimum atomic E-state index is -2.19. The third kappa shape index (κ3) is 14.6. The van der Waals surface area contributed by atoms with E-state index in [1.807, 2.05) is 53.4 Å². The summed E-state index contributed by atoms with van der Waals surface area (Å²) < 4.78 is 12.5. The van der Waals surface area contributed by atoms with Crippen molar-refractivity contribution >= 4 is 11.9 Å². The van der Waals surface area contributed by atoms with Crippen molar-refractivity contribution in [2.24, 2.45) is 21.1 Å². The molecule has 0 spiro atoms. The van der Waals surface area contributed by atoms with Crippen LogP contribution in [0.25, 0.3) is 0 Å². The number of carboxylic acids is 2. The molecule has 0 bridgehead atoms. The van der Waals surface area contributed by atoms with Crippen LogP contribution in [0.4, 0.5) is 0 Å². The summed E-state index contributed by atoms with van der Waals surface area (Å²) in [5.41, 5.74) is 0. The highest BCUT2D eigenvalue weighted by Gasteiger charge is 1.93. The minimum absolute atomic E-state index is 0. The number of carboxylic acid groups (broad SMARTS) is 2. The minimum Gasteiger partial charge on any atom is -1.00 e. The molecule has 0 amide bonds. The molecule has 0 saturated carbocycles. The summed E-state index contributed by atoms with van der Waals surface area (Å²) in [7, 11) is 6.06. The second-order valence-electron chi connectivity index (χ2n) is 6.30. The highest BCUT2D eigenvalue weighted by Crippen LogP contribution is 1.80. The van der Waals surface area contributed by atoms with Crippen LogP contribution < -0.4 is 40.9 Å². The first-order valence-electron chi connectivity index (χ1n) is 9.58. The van der Waals surface area contributed by atoms with E-state index in [9.17, 15) is 0 Å². The fourth-order valence-electron chi connectivity index (χ4n) is 2.07. The summed E-state index contributed by atoms with van der Waals surface area (Å²) in [4.78, 5) is 17.9.